The molecule has 20 heavy (non-hydrogen) atoms. The fourth-order valence-corrected chi connectivity index (χ4v) is 1.80. The standard InChI is InChI=1S/C13H15BrN4O2/c14-10-3-5-11(6-4-10)20-7-1-2-13(19)15-8-12-16-9-17-18-12/h3-6,9H,1-2,7-8H2,(H,15,19)(H,16,17,18). The van der Waals surface area contributed by atoms with E-state index < -0.39 is 0 Å². The third-order valence-corrected chi connectivity index (χ3v) is 3.08. The fourth-order valence-electron chi connectivity index (χ4n) is 1.54. The van der Waals surface area contributed by atoms with E-state index in [1.807, 2.05) is 24.3 Å². The van der Waals surface area contributed by atoms with Gasteiger partial charge in [-0.1, -0.05) is 15.9 Å². The Bertz CT molecular complexity index is 528. The van der Waals surface area contributed by atoms with Crippen LogP contribution in [0.1, 0.15) is 18.7 Å². The van der Waals surface area contributed by atoms with E-state index in [9.17, 15) is 4.79 Å². The minimum absolute atomic E-state index is 0.0270. The summed E-state index contributed by atoms with van der Waals surface area (Å²) < 4.78 is 6.54. The normalized spacial score (nSPS) is 10.2. The zero-order valence-electron chi connectivity index (χ0n) is 10.8. The van der Waals surface area contributed by atoms with Crippen LogP contribution >= 0.6 is 15.9 Å². The molecule has 1 amide bonds. The number of hydrogen-bond donors (Lipinski definition) is 2. The summed E-state index contributed by atoms with van der Waals surface area (Å²) in [6.45, 7) is 0.879. The van der Waals surface area contributed by atoms with Crippen LogP contribution in [0.25, 0.3) is 0 Å². The van der Waals surface area contributed by atoms with Gasteiger partial charge in [-0.3, -0.25) is 9.89 Å². The van der Waals surface area contributed by atoms with Gasteiger partial charge in [0.2, 0.25) is 5.91 Å². The molecule has 0 aliphatic rings. The van der Waals surface area contributed by atoms with Crippen LogP contribution in [-0.4, -0.2) is 27.7 Å². The number of ether oxygens (including phenoxy) is 1. The highest BCUT2D eigenvalue weighted by Crippen LogP contribution is 2.16. The average molecular weight is 339 g/mol. The van der Waals surface area contributed by atoms with Gasteiger partial charge >= 0.3 is 0 Å². The zero-order valence-corrected chi connectivity index (χ0v) is 12.4. The average Bonchev–Trinajstić information content (AvgIpc) is 2.96. The van der Waals surface area contributed by atoms with Crippen LogP contribution in [0.15, 0.2) is 35.1 Å². The van der Waals surface area contributed by atoms with Crippen LogP contribution in [0.5, 0.6) is 5.75 Å². The Morgan fingerprint density at radius 3 is 2.85 bits per heavy atom. The van der Waals surface area contributed by atoms with Crippen molar-refractivity contribution in [1.82, 2.24) is 20.5 Å². The molecule has 2 aromatic rings. The molecule has 6 nitrogen and oxygen atoms in total. The monoisotopic (exact) mass is 338 g/mol. The van der Waals surface area contributed by atoms with Gasteiger partial charge in [0.05, 0.1) is 13.2 Å². The first-order chi connectivity index (χ1) is 9.74. The van der Waals surface area contributed by atoms with Gasteiger partial charge in [-0.25, -0.2) is 4.98 Å². The molecule has 2 rings (SSSR count). The smallest absolute Gasteiger partial charge is 0.220 e. The number of benzene rings is 1. The molecule has 7 heteroatoms. The number of H-pyrrole nitrogens is 1. The molecule has 0 bridgehead atoms. The van der Waals surface area contributed by atoms with E-state index in [2.05, 4.69) is 36.4 Å². The van der Waals surface area contributed by atoms with Gasteiger partial charge in [0, 0.05) is 10.9 Å². The zero-order chi connectivity index (χ0) is 14.2. The number of rotatable bonds is 7. The number of nitrogens with one attached hydrogen (secondary N) is 2. The Morgan fingerprint density at radius 2 is 2.15 bits per heavy atom. The number of carbonyl (C=O) groups is 1. The minimum atomic E-state index is -0.0270. The van der Waals surface area contributed by atoms with Crippen molar-refractivity contribution in [2.24, 2.45) is 0 Å². The predicted octanol–water partition coefficient (Wildman–Crippen LogP) is 2.04. The lowest BCUT2D eigenvalue weighted by Gasteiger charge is -2.06. The maximum absolute atomic E-state index is 11.6. The molecule has 0 fully saturated rings. The van der Waals surface area contributed by atoms with Crippen molar-refractivity contribution in [3.05, 3.63) is 40.9 Å². The molecular weight excluding hydrogens is 324 g/mol. The van der Waals surface area contributed by atoms with Crippen LogP contribution in [-0.2, 0) is 11.3 Å². The molecule has 0 spiro atoms. The Hall–Kier alpha value is -1.89. The molecule has 1 heterocycles. The number of carbonyl (C=O) groups excluding carboxylic acids is 1. The van der Waals surface area contributed by atoms with E-state index in [-0.39, 0.29) is 5.91 Å². The first-order valence-corrected chi connectivity index (χ1v) is 7.02. The lowest BCUT2D eigenvalue weighted by atomic mass is 10.3. The van der Waals surface area contributed by atoms with Gasteiger partial charge in [0.25, 0.3) is 0 Å². The molecular formula is C13H15BrN4O2. The lowest BCUT2D eigenvalue weighted by Crippen LogP contribution is -2.23. The second-order valence-corrected chi connectivity index (χ2v) is 5.03. The Balaban J connectivity index is 1.58. The summed E-state index contributed by atoms with van der Waals surface area (Å²) in [5.41, 5.74) is 0. The minimum Gasteiger partial charge on any atom is -0.494 e. The number of aromatic amines is 1. The lowest BCUT2D eigenvalue weighted by molar-refractivity contribution is -0.121. The Labute approximate surface area is 125 Å². The molecule has 1 aromatic carbocycles. The van der Waals surface area contributed by atoms with Crippen LogP contribution < -0.4 is 10.1 Å². The first kappa shape index (κ1) is 14.5. The van der Waals surface area contributed by atoms with E-state index in [0.29, 0.717) is 31.8 Å². The second-order valence-electron chi connectivity index (χ2n) is 4.11. The number of nitrogens with zero attached hydrogens (tertiary/aromatic N) is 2. The number of aromatic nitrogens is 3. The highest BCUT2D eigenvalue weighted by atomic mass is 79.9. The van der Waals surface area contributed by atoms with Crippen molar-refractivity contribution >= 4 is 21.8 Å². The SMILES string of the molecule is O=C(CCCOc1ccc(Br)cc1)NCc1ncn[nH]1. The molecule has 106 valence electrons. The van der Waals surface area contributed by atoms with Crippen molar-refractivity contribution in [2.45, 2.75) is 19.4 Å². The van der Waals surface area contributed by atoms with Gasteiger partial charge in [-0.2, -0.15) is 5.10 Å². The van der Waals surface area contributed by atoms with Crippen LogP contribution in [0.3, 0.4) is 0 Å². The Kier molecular flexibility index (Phi) is 5.55. The Morgan fingerprint density at radius 1 is 1.35 bits per heavy atom. The summed E-state index contributed by atoms with van der Waals surface area (Å²) in [6.07, 6.45) is 2.50. The number of halogens is 1. The van der Waals surface area contributed by atoms with Crippen molar-refractivity contribution < 1.29 is 9.53 Å². The van der Waals surface area contributed by atoms with Gasteiger partial charge < -0.3 is 10.1 Å². The predicted molar refractivity (Wildman–Crippen MR) is 77.1 cm³/mol. The molecule has 0 atom stereocenters. The van der Waals surface area contributed by atoms with Crippen molar-refractivity contribution in [1.29, 1.82) is 0 Å². The third-order valence-electron chi connectivity index (χ3n) is 2.55. The van der Waals surface area contributed by atoms with E-state index in [1.54, 1.807) is 0 Å². The topological polar surface area (TPSA) is 79.9 Å². The van der Waals surface area contributed by atoms with Gasteiger partial charge in [-0.05, 0) is 30.7 Å². The maximum Gasteiger partial charge on any atom is 0.220 e. The number of amides is 1. The highest BCUT2D eigenvalue weighted by molar-refractivity contribution is 9.10. The summed E-state index contributed by atoms with van der Waals surface area (Å²) in [5, 5.41) is 9.14. The molecule has 2 N–H and O–H groups in total. The largest absolute Gasteiger partial charge is 0.494 e. The summed E-state index contributed by atoms with van der Waals surface area (Å²) in [4.78, 5) is 15.5. The van der Waals surface area contributed by atoms with Gasteiger partial charge in [-0.15, -0.1) is 0 Å². The van der Waals surface area contributed by atoms with Crippen LogP contribution in [0, 0.1) is 0 Å². The van der Waals surface area contributed by atoms with Gasteiger partial charge in [0.1, 0.15) is 17.9 Å². The summed E-state index contributed by atoms with van der Waals surface area (Å²) in [5.74, 6) is 1.42. The summed E-state index contributed by atoms with van der Waals surface area (Å²) in [6, 6.07) is 7.60. The quantitative estimate of drug-likeness (QED) is 0.757. The highest BCUT2D eigenvalue weighted by Gasteiger charge is 2.03. The maximum atomic E-state index is 11.6. The first-order valence-electron chi connectivity index (χ1n) is 6.23. The molecule has 0 saturated carbocycles. The second kappa shape index (κ2) is 7.64. The molecule has 0 radical (unpaired) electrons. The third kappa shape index (κ3) is 5.00. The van der Waals surface area contributed by atoms with Gasteiger partial charge in [0.15, 0.2) is 0 Å². The van der Waals surface area contributed by atoms with E-state index in [4.69, 9.17) is 4.74 Å². The van der Waals surface area contributed by atoms with Crippen molar-refractivity contribution in [3.63, 3.8) is 0 Å². The molecule has 0 aliphatic carbocycles. The molecule has 0 aliphatic heterocycles. The van der Waals surface area contributed by atoms with Crippen molar-refractivity contribution in [2.75, 3.05) is 6.61 Å². The van der Waals surface area contributed by atoms with E-state index in [1.165, 1.54) is 6.33 Å². The van der Waals surface area contributed by atoms with Crippen LogP contribution in [0.2, 0.25) is 0 Å². The summed E-state index contributed by atoms with van der Waals surface area (Å²) in [7, 11) is 0. The molecule has 1 aromatic heterocycles. The van der Waals surface area contributed by atoms with E-state index >= 15 is 0 Å². The molecule has 0 saturated heterocycles. The fraction of sp³-hybridized carbons (Fsp3) is 0.308. The van der Waals surface area contributed by atoms with Crippen molar-refractivity contribution in [3.8, 4) is 5.75 Å². The molecule has 0 unspecified atom stereocenters. The van der Waals surface area contributed by atoms with Crippen LogP contribution in [0.4, 0.5) is 0 Å². The summed E-state index contributed by atoms with van der Waals surface area (Å²) >= 11 is 3.36. The van der Waals surface area contributed by atoms with E-state index in [0.717, 1.165) is 10.2 Å². The number of hydrogen-bond acceptors (Lipinski definition) is 4.